The zero-order valence-electron chi connectivity index (χ0n) is 8.09. The van der Waals surface area contributed by atoms with E-state index in [0.29, 0.717) is 0 Å². The molecule has 0 amide bonds. The summed E-state index contributed by atoms with van der Waals surface area (Å²) in [7, 11) is 0. The summed E-state index contributed by atoms with van der Waals surface area (Å²) < 4.78 is 0. The Kier molecular flexibility index (Phi) is 4.61. The van der Waals surface area contributed by atoms with Gasteiger partial charge in [0.15, 0.2) is 0 Å². The molecule has 0 aromatic heterocycles. The molecule has 0 rings (SSSR count). The van der Waals surface area contributed by atoms with Gasteiger partial charge in [-0.3, -0.25) is 0 Å². The number of allylic oxidation sites excluding steroid dienone is 2. The highest BCUT2D eigenvalue weighted by Gasteiger charge is 2.10. The fourth-order valence-corrected chi connectivity index (χ4v) is 0.982. The van der Waals surface area contributed by atoms with E-state index in [2.05, 4.69) is 0 Å². The molecule has 0 aromatic rings. The van der Waals surface area contributed by atoms with Crippen molar-refractivity contribution in [2.75, 3.05) is 0 Å². The van der Waals surface area contributed by atoms with Crippen molar-refractivity contribution in [2.45, 2.75) is 45.6 Å². The first-order chi connectivity index (χ1) is 5.45. The van der Waals surface area contributed by atoms with Crippen LogP contribution in [0.25, 0.3) is 0 Å². The van der Waals surface area contributed by atoms with E-state index in [-0.39, 0.29) is 0 Å². The van der Waals surface area contributed by atoms with Crippen LogP contribution in [0, 0.1) is 11.3 Å². The minimum Gasteiger partial charge on any atom is -0.390 e. The van der Waals surface area contributed by atoms with E-state index in [4.69, 9.17) is 5.26 Å². The third kappa shape index (κ3) is 7.30. The maximum absolute atomic E-state index is 9.38. The van der Waals surface area contributed by atoms with Gasteiger partial charge in [-0.25, -0.2) is 0 Å². The molecule has 1 N–H and O–H groups in total. The summed E-state index contributed by atoms with van der Waals surface area (Å²) in [5.41, 5.74) is 0.508. The Morgan fingerprint density at radius 3 is 2.58 bits per heavy atom. The number of hydrogen-bond acceptors (Lipinski definition) is 2. The summed E-state index contributed by atoms with van der Waals surface area (Å²) in [5, 5.41) is 17.7. The number of rotatable bonds is 4. The second-order valence-corrected chi connectivity index (χ2v) is 3.79. The van der Waals surface area contributed by atoms with Gasteiger partial charge < -0.3 is 5.11 Å². The first-order valence-electron chi connectivity index (χ1n) is 4.23. The van der Waals surface area contributed by atoms with Gasteiger partial charge in [0.05, 0.1) is 11.7 Å². The Balaban J connectivity index is 3.59. The largest absolute Gasteiger partial charge is 0.390 e. The van der Waals surface area contributed by atoms with Crippen LogP contribution in [0.2, 0.25) is 0 Å². The van der Waals surface area contributed by atoms with E-state index in [1.165, 1.54) is 0 Å². The molecule has 0 spiro atoms. The van der Waals surface area contributed by atoms with Crippen LogP contribution < -0.4 is 0 Å². The average molecular weight is 167 g/mol. The molecule has 2 heteroatoms. The Bertz CT molecular complexity index is 193. The lowest BCUT2D eigenvalue weighted by Crippen LogP contribution is -2.17. The minimum atomic E-state index is -0.576. The van der Waals surface area contributed by atoms with Crippen LogP contribution in [0.5, 0.6) is 0 Å². The summed E-state index contributed by atoms with van der Waals surface area (Å²) >= 11 is 0. The molecule has 0 fully saturated rings. The van der Waals surface area contributed by atoms with Crippen LogP contribution in [0.4, 0.5) is 0 Å². The molecule has 0 atom stereocenters. The molecule has 0 saturated carbocycles. The average Bonchev–Trinajstić information content (AvgIpc) is 1.84. The van der Waals surface area contributed by atoms with Crippen LogP contribution in [0.15, 0.2) is 11.6 Å². The molecule has 2 nitrogen and oxygen atoms in total. The lowest BCUT2D eigenvalue weighted by atomic mass is 9.99. The molecule has 0 heterocycles. The van der Waals surface area contributed by atoms with Gasteiger partial charge in [-0.05, 0) is 40.0 Å². The molecule has 0 unspecified atom stereocenters. The Hall–Kier alpha value is -0.810. The van der Waals surface area contributed by atoms with Gasteiger partial charge in [0.1, 0.15) is 0 Å². The third-order valence-electron chi connectivity index (χ3n) is 1.67. The molecule has 0 aliphatic carbocycles. The topological polar surface area (TPSA) is 44.0 Å². The van der Waals surface area contributed by atoms with Gasteiger partial charge >= 0.3 is 0 Å². The quantitative estimate of drug-likeness (QED) is 0.653. The van der Waals surface area contributed by atoms with Gasteiger partial charge in [0.2, 0.25) is 0 Å². The monoisotopic (exact) mass is 167 g/mol. The second-order valence-electron chi connectivity index (χ2n) is 3.79. The molecular weight excluding hydrogens is 150 g/mol. The summed E-state index contributed by atoms with van der Waals surface area (Å²) in [4.78, 5) is 0. The van der Waals surface area contributed by atoms with E-state index in [1.54, 1.807) is 19.9 Å². The molecular formula is C10H17NO. The van der Waals surface area contributed by atoms with Crippen molar-refractivity contribution in [3.63, 3.8) is 0 Å². The number of nitriles is 1. The fraction of sp³-hybridized carbons (Fsp3) is 0.700. The Morgan fingerprint density at radius 1 is 1.58 bits per heavy atom. The number of aliphatic hydroxyl groups is 1. The van der Waals surface area contributed by atoms with Gasteiger partial charge in [0.25, 0.3) is 0 Å². The van der Waals surface area contributed by atoms with Crippen molar-refractivity contribution in [2.24, 2.45) is 0 Å². The SMILES string of the molecule is C/C(=C\C#N)CCCC(C)(C)O. The van der Waals surface area contributed by atoms with Gasteiger partial charge in [-0.1, -0.05) is 5.57 Å². The van der Waals surface area contributed by atoms with Gasteiger partial charge in [0, 0.05) is 6.08 Å². The van der Waals surface area contributed by atoms with Crippen LogP contribution >= 0.6 is 0 Å². The van der Waals surface area contributed by atoms with Crippen molar-refractivity contribution in [3.8, 4) is 6.07 Å². The highest BCUT2D eigenvalue weighted by molar-refractivity contribution is 5.10. The fourth-order valence-electron chi connectivity index (χ4n) is 0.982. The maximum Gasteiger partial charge on any atom is 0.0911 e. The summed E-state index contributed by atoms with van der Waals surface area (Å²) in [5.74, 6) is 0. The smallest absolute Gasteiger partial charge is 0.0911 e. The van der Waals surface area contributed by atoms with Gasteiger partial charge in [-0.2, -0.15) is 5.26 Å². The van der Waals surface area contributed by atoms with Crippen molar-refractivity contribution in [1.82, 2.24) is 0 Å². The van der Waals surface area contributed by atoms with E-state index in [9.17, 15) is 5.11 Å². The zero-order chi connectivity index (χ0) is 9.61. The summed E-state index contributed by atoms with van der Waals surface area (Å²) in [6.45, 7) is 5.54. The molecule has 0 radical (unpaired) electrons. The van der Waals surface area contributed by atoms with Crippen LogP contribution in [-0.2, 0) is 0 Å². The summed E-state index contributed by atoms with van der Waals surface area (Å²) in [6, 6.07) is 1.99. The highest BCUT2D eigenvalue weighted by Crippen LogP contribution is 2.14. The molecule has 0 aliphatic heterocycles. The lowest BCUT2D eigenvalue weighted by molar-refractivity contribution is 0.0689. The lowest BCUT2D eigenvalue weighted by Gasteiger charge is -2.16. The maximum atomic E-state index is 9.38. The van der Waals surface area contributed by atoms with Crippen LogP contribution in [0.3, 0.4) is 0 Å². The molecule has 0 aromatic carbocycles. The standard InChI is InChI=1S/C10H17NO/c1-9(6-8-11)5-4-7-10(2,3)12/h6,12H,4-5,7H2,1-3H3/b9-6+. The number of hydrogen-bond donors (Lipinski definition) is 1. The molecule has 68 valence electrons. The first-order valence-corrected chi connectivity index (χ1v) is 4.23. The predicted molar refractivity (Wildman–Crippen MR) is 49.5 cm³/mol. The normalized spacial score (nSPS) is 12.8. The van der Waals surface area contributed by atoms with E-state index in [0.717, 1.165) is 24.8 Å². The van der Waals surface area contributed by atoms with Crippen LogP contribution in [0.1, 0.15) is 40.0 Å². The Labute approximate surface area is 74.5 Å². The van der Waals surface area contributed by atoms with Gasteiger partial charge in [-0.15, -0.1) is 0 Å². The number of nitrogens with zero attached hydrogens (tertiary/aromatic N) is 1. The van der Waals surface area contributed by atoms with Crippen molar-refractivity contribution in [1.29, 1.82) is 5.26 Å². The molecule has 0 aliphatic rings. The minimum absolute atomic E-state index is 0.576. The van der Waals surface area contributed by atoms with E-state index in [1.807, 2.05) is 13.0 Å². The van der Waals surface area contributed by atoms with Crippen molar-refractivity contribution < 1.29 is 5.11 Å². The second kappa shape index (κ2) is 4.95. The van der Waals surface area contributed by atoms with E-state index >= 15 is 0 Å². The third-order valence-corrected chi connectivity index (χ3v) is 1.67. The van der Waals surface area contributed by atoms with Crippen LogP contribution in [-0.4, -0.2) is 10.7 Å². The summed E-state index contributed by atoms with van der Waals surface area (Å²) in [6.07, 6.45) is 4.18. The molecule has 12 heavy (non-hydrogen) atoms. The zero-order valence-corrected chi connectivity index (χ0v) is 8.09. The highest BCUT2D eigenvalue weighted by atomic mass is 16.3. The van der Waals surface area contributed by atoms with Crippen molar-refractivity contribution in [3.05, 3.63) is 11.6 Å². The van der Waals surface area contributed by atoms with E-state index < -0.39 is 5.60 Å². The molecule has 0 saturated heterocycles. The van der Waals surface area contributed by atoms with Crippen molar-refractivity contribution >= 4 is 0 Å². The molecule has 0 bridgehead atoms. The predicted octanol–water partition coefficient (Wildman–Crippen LogP) is 2.40. The Morgan fingerprint density at radius 2 is 2.17 bits per heavy atom. The first kappa shape index (κ1) is 11.2.